The standard InChI is InChI=1S/C15H26N4O2/c20-14-5-3-8-19(14)12-13-4-1-2-7-17(13)10-11-18-9-6-16-15(18)21/h13H,1-12H2,(H,16,21). The minimum absolute atomic E-state index is 0.0679. The van der Waals surface area contributed by atoms with E-state index in [2.05, 4.69) is 10.2 Å². The van der Waals surface area contributed by atoms with E-state index in [1.807, 2.05) is 9.80 Å². The number of hydrogen-bond acceptors (Lipinski definition) is 3. The molecule has 0 bridgehead atoms. The minimum atomic E-state index is 0.0679. The highest BCUT2D eigenvalue weighted by molar-refractivity contribution is 5.78. The first-order valence-corrected chi connectivity index (χ1v) is 8.28. The Balaban J connectivity index is 1.51. The Bertz CT molecular complexity index is 401. The van der Waals surface area contributed by atoms with E-state index in [1.54, 1.807) is 0 Å². The average Bonchev–Trinajstić information content (AvgIpc) is 3.07. The molecule has 0 aliphatic carbocycles. The van der Waals surface area contributed by atoms with Gasteiger partial charge in [0, 0.05) is 51.7 Å². The second-order valence-corrected chi connectivity index (χ2v) is 6.35. The molecule has 3 amide bonds. The molecule has 0 aromatic rings. The zero-order valence-corrected chi connectivity index (χ0v) is 12.7. The van der Waals surface area contributed by atoms with Gasteiger partial charge in [-0.3, -0.25) is 9.69 Å². The van der Waals surface area contributed by atoms with Crippen LogP contribution in [0.15, 0.2) is 0 Å². The van der Waals surface area contributed by atoms with Crippen LogP contribution in [0.5, 0.6) is 0 Å². The Labute approximate surface area is 126 Å². The van der Waals surface area contributed by atoms with Crippen LogP contribution >= 0.6 is 0 Å². The van der Waals surface area contributed by atoms with E-state index >= 15 is 0 Å². The van der Waals surface area contributed by atoms with Gasteiger partial charge in [-0.15, -0.1) is 0 Å². The molecular formula is C15H26N4O2. The van der Waals surface area contributed by atoms with Gasteiger partial charge in [-0.1, -0.05) is 6.42 Å². The van der Waals surface area contributed by atoms with Gasteiger partial charge in [0.05, 0.1) is 0 Å². The molecule has 3 aliphatic heterocycles. The first-order chi connectivity index (χ1) is 10.2. The van der Waals surface area contributed by atoms with Crippen molar-refractivity contribution < 1.29 is 9.59 Å². The Morgan fingerprint density at radius 3 is 2.62 bits per heavy atom. The molecule has 118 valence electrons. The van der Waals surface area contributed by atoms with E-state index in [1.165, 1.54) is 19.3 Å². The van der Waals surface area contributed by atoms with Gasteiger partial charge in [0.15, 0.2) is 0 Å². The number of piperidine rings is 1. The van der Waals surface area contributed by atoms with Crippen molar-refractivity contribution in [2.75, 3.05) is 45.8 Å². The summed E-state index contributed by atoms with van der Waals surface area (Å²) in [5.41, 5.74) is 0. The van der Waals surface area contributed by atoms with Crippen molar-refractivity contribution in [3.05, 3.63) is 0 Å². The van der Waals surface area contributed by atoms with Crippen molar-refractivity contribution in [1.29, 1.82) is 0 Å². The maximum Gasteiger partial charge on any atom is 0.317 e. The SMILES string of the molecule is O=C1CCCN1CC1CCCCN1CCN1CCNC1=O. The second-order valence-electron chi connectivity index (χ2n) is 6.35. The number of rotatable bonds is 5. The molecule has 3 fully saturated rings. The second kappa shape index (κ2) is 6.64. The smallest absolute Gasteiger partial charge is 0.317 e. The molecule has 3 aliphatic rings. The predicted octanol–water partition coefficient (Wildman–Crippen LogP) is 0.489. The summed E-state index contributed by atoms with van der Waals surface area (Å²) in [5.74, 6) is 0.319. The predicted molar refractivity (Wildman–Crippen MR) is 80.0 cm³/mol. The van der Waals surface area contributed by atoms with Crippen molar-refractivity contribution in [2.45, 2.75) is 38.1 Å². The maximum absolute atomic E-state index is 11.8. The minimum Gasteiger partial charge on any atom is -0.341 e. The number of nitrogens with one attached hydrogen (secondary N) is 1. The molecule has 6 nitrogen and oxygen atoms in total. The molecule has 1 N–H and O–H groups in total. The van der Waals surface area contributed by atoms with E-state index in [4.69, 9.17) is 0 Å². The topological polar surface area (TPSA) is 55.9 Å². The van der Waals surface area contributed by atoms with E-state index in [9.17, 15) is 9.59 Å². The third kappa shape index (κ3) is 3.48. The number of carbonyl (C=O) groups is 2. The summed E-state index contributed by atoms with van der Waals surface area (Å²) in [6.45, 7) is 6.23. The summed E-state index contributed by atoms with van der Waals surface area (Å²) in [6.07, 6.45) is 5.40. The molecule has 1 atom stereocenters. The summed E-state index contributed by atoms with van der Waals surface area (Å²) < 4.78 is 0. The number of likely N-dealkylation sites (tertiary alicyclic amines) is 2. The summed E-state index contributed by atoms with van der Waals surface area (Å²) in [5, 5.41) is 2.85. The van der Waals surface area contributed by atoms with Crippen LogP contribution in [0.4, 0.5) is 4.79 Å². The molecule has 3 rings (SSSR count). The number of amides is 3. The summed E-state index contributed by atoms with van der Waals surface area (Å²) >= 11 is 0. The van der Waals surface area contributed by atoms with Crippen molar-refractivity contribution in [3.8, 4) is 0 Å². The molecule has 1 unspecified atom stereocenters. The summed E-state index contributed by atoms with van der Waals surface area (Å²) in [6, 6.07) is 0.546. The Kier molecular flexibility index (Phi) is 4.63. The lowest BCUT2D eigenvalue weighted by Crippen LogP contribution is -2.49. The lowest BCUT2D eigenvalue weighted by molar-refractivity contribution is -0.128. The van der Waals surface area contributed by atoms with Crippen LogP contribution in [0.1, 0.15) is 32.1 Å². The highest BCUT2D eigenvalue weighted by atomic mass is 16.2. The molecule has 0 aromatic heterocycles. The Hall–Kier alpha value is -1.30. The largest absolute Gasteiger partial charge is 0.341 e. The van der Waals surface area contributed by atoms with E-state index in [0.717, 1.165) is 58.7 Å². The van der Waals surface area contributed by atoms with Crippen molar-refractivity contribution in [3.63, 3.8) is 0 Å². The van der Waals surface area contributed by atoms with Gasteiger partial charge in [0.1, 0.15) is 0 Å². The van der Waals surface area contributed by atoms with Gasteiger partial charge in [-0.05, 0) is 25.8 Å². The molecule has 3 saturated heterocycles. The third-order valence-electron chi connectivity index (χ3n) is 4.95. The summed E-state index contributed by atoms with van der Waals surface area (Å²) in [7, 11) is 0. The maximum atomic E-state index is 11.8. The fourth-order valence-corrected chi connectivity index (χ4v) is 3.69. The lowest BCUT2D eigenvalue weighted by atomic mass is 10.0. The van der Waals surface area contributed by atoms with E-state index < -0.39 is 0 Å². The van der Waals surface area contributed by atoms with Crippen molar-refractivity contribution >= 4 is 11.9 Å². The van der Waals surface area contributed by atoms with E-state index in [-0.39, 0.29) is 6.03 Å². The van der Waals surface area contributed by atoms with Gasteiger partial charge in [0.2, 0.25) is 5.91 Å². The van der Waals surface area contributed by atoms with Crippen molar-refractivity contribution in [1.82, 2.24) is 20.0 Å². The normalized spacial score (nSPS) is 27.5. The number of carbonyl (C=O) groups excluding carboxylic acids is 2. The molecule has 6 heteroatoms. The number of urea groups is 1. The van der Waals surface area contributed by atoms with Gasteiger partial charge in [-0.2, -0.15) is 0 Å². The van der Waals surface area contributed by atoms with Gasteiger partial charge >= 0.3 is 6.03 Å². The molecule has 0 saturated carbocycles. The zero-order valence-electron chi connectivity index (χ0n) is 12.7. The van der Waals surface area contributed by atoms with Crippen LogP contribution in [-0.2, 0) is 4.79 Å². The van der Waals surface area contributed by atoms with Gasteiger partial charge in [-0.25, -0.2) is 4.79 Å². The van der Waals surface area contributed by atoms with Crippen LogP contribution < -0.4 is 5.32 Å². The van der Waals surface area contributed by atoms with Crippen LogP contribution in [-0.4, -0.2) is 78.5 Å². The molecule has 0 spiro atoms. The average molecular weight is 294 g/mol. The fraction of sp³-hybridized carbons (Fsp3) is 0.867. The zero-order chi connectivity index (χ0) is 14.7. The third-order valence-corrected chi connectivity index (χ3v) is 4.95. The highest BCUT2D eigenvalue weighted by Gasteiger charge is 2.29. The first-order valence-electron chi connectivity index (χ1n) is 8.28. The Morgan fingerprint density at radius 2 is 1.90 bits per heavy atom. The first kappa shape index (κ1) is 14.6. The van der Waals surface area contributed by atoms with Gasteiger partial charge < -0.3 is 15.1 Å². The van der Waals surface area contributed by atoms with Crippen LogP contribution in [0.3, 0.4) is 0 Å². The molecular weight excluding hydrogens is 268 g/mol. The van der Waals surface area contributed by atoms with E-state index in [0.29, 0.717) is 11.9 Å². The monoisotopic (exact) mass is 294 g/mol. The van der Waals surface area contributed by atoms with Crippen molar-refractivity contribution in [2.24, 2.45) is 0 Å². The Morgan fingerprint density at radius 1 is 1.00 bits per heavy atom. The molecule has 0 aromatic carbocycles. The highest BCUT2D eigenvalue weighted by Crippen LogP contribution is 2.20. The van der Waals surface area contributed by atoms with Crippen LogP contribution in [0, 0.1) is 0 Å². The summed E-state index contributed by atoms with van der Waals surface area (Å²) in [4.78, 5) is 29.8. The molecule has 0 radical (unpaired) electrons. The number of nitrogens with zero attached hydrogens (tertiary/aromatic N) is 3. The van der Waals surface area contributed by atoms with Crippen LogP contribution in [0.2, 0.25) is 0 Å². The fourth-order valence-electron chi connectivity index (χ4n) is 3.69. The van der Waals surface area contributed by atoms with Gasteiger partial charge in [0.25, 0.3) is 0 Å². The quantitative estimate of drug-likeness (QED) is 0.803. The lowest BCUT2D eigenvalue weighted by Gasteiger charge is -2.38. The molecule has 3 heterocycles. The van der Waals surface area contributed by atoms with Crippen LogP contribution in [0.25, 0.3) is 0 Å². The number of hydrogen-bond donors (Lipinski definition) is 1. The molecule has 21 heavy (non-hydrogen) atoms.